The molecule has 2 rings (SSSR count). The van der Waals surface area contributed by atoms with E-state index >= 15 is 0 Å². The maximum atomic E-state index is 6.20. The summed E-state index contributed by atoms with van der Waals surface area (Å²) >= 11 is 12.2. The van der Waals surface area contributed by atoms with Crippen molar-refractivity contribution < 1.29 is 0 Å². The third kappa shape index (κ3) is 3.61. The first-order valence-electron chi connectivity index (χ1n) is 6.36. The molecule has 0 radical (unpaired) electrons. The van der Waals surface area contributed by atoms with Gasteiger partial charge in [-0.15, -0.1) is 0 Å². The normalized spacial score (nSPS) is 24.9. The van der Waals surface area contributed by atoms with Gasteiger partial charge in [-0.3, -0.25) is 0 Å². The molecular weight excluding hydrogens is 253 g/mol. The van der Waals surface area contributed by atoms with Gasteiger partial charge in [-0.25, -0.2) is 0 Å². The first-order chi connectivity index (χ1) is 8.19. The third-order valence-electron chi connectivity index (χ3n) is 3.65. The molecule has 1 aliphatic heterocycles. The van der Waals surface area contributed by atoms with Gasteiger partial charge < -0.3 is 5.32 Å². The molecule has 1 nitrogen and oxygen atoms in total. The Morgan fingerprint density at radius 2 is 2.18 bits per heavy atom. The van der Waals surface area contributed by atoms with Crippen LogP contribution in [0.4, 0.5) is 0 Å². The molecule has 1 aromatic carbocycles. The lowest BCUT2D eigenvalue weighted by atomic mass is 9.88. The molecule has 94 valence electrons. The van der Waals surface area contributed by atoms with Crippen molar-refractivity contribution in [3.05, 3.63) is 33.8 Å². The Morgan fingerprint density at radius 3 is 2.94 bits per heavy atom. The van der Waals surface area contributed by atoms with Gasteiger partial charge in [-0.05, 0) is 55.5 Å². The van der Waals surface area contributed by atoms with Gasteiger partial charge in [0, 0.05) is 16.1 Å². The highest BCUT2D eigenvalue weighted by molar-refractivity contribution is 6.33. The summed E-state index contributed by atoms with van der Waals surface area (Å²) in [5.41, 5.74) is 1.16. The second-order valence-corrected chi connectivity index (χ2v) is 5.73. The van der Waals surface area contributed by atoms with E-state index in [4.69, 9.17) is 23.2 Å². The molecule has 0 spiro atoms. The second kappa shape index (κ2) is 6.08. The van der Waals surface area contributed by atoms with E-state index in [9.17, 15) is 0 Å². The zero-order valence-corrected chi connectivity index (χ0v) is 11.7. The van der Waals surface area contributed by atoms with Gasteiger partial charge in [0.1, 0.15) is 0 Å². The van der Waals surface area contributed by atoms with Crippen LogP contribution in [-0.2, 0) is 6.42 Å². The van der Waals surface area contributed by atoms with Crippen LogP contribution in [0, 0.1) is 5.92 Å². The second-order valence-electron chi connectivity index (χ2n) is 4.89. The maximum Gasteiger partial charge on any atom is 0.0439 e. The van der Waals surface area contributed by atoms with E-state index < -0.39 is 0 Å². The van der Waals surface area contributed by atoms with Crippen molar-refractivity contribution in [1.29, 1.82) is 0 Å². The van der Waals surface area contributed by atoms with E-state index in [1.807, 2.05) is 18.2 Å². The monoisotopic (exact) mass is 271 g/mol. The van der Waals surface area contributed by atoms with Crippen LogP contribution in [0.3, 0.4) is 0 Å². The van der Waals surface area contributed by atoms with Crippen LogP contribution in [0.15, 0.2) is 18.2 Å². The molecule has 2 atom stereocenters. The van der Waals surface area contributed by atoms with E-state index in [0.717, 1.165) is 34.5 Å². The Morgan fingerprint density at radius 1 is 1.35 bits per heavy atom. The number of nitrogens with one attached hydrogen (secondary N) is 1. The van der Waals surface area contributed by atoms with Crippen molar-refractivity contribution in [1.82, 2.24) is 5.32 Å². The van der Waals surface area contributed by atoms with Crippen molar-refractivity contribution in [2.24, 2.45) is 5.92 Å². The molecular formula is C14H19Cl2N. The topological polar surface area (TPSA) is 12.0 Å². The fraction of sp³-hybridized carbons (Fsp3) is 0.571. The first-order valence-corrected chi connectivity index (χ1v) is 7.12. The Labute approximate surface area is 114 Å². The van der Waals surface area contributed by atoms with E-state index in [1.54, 1.807) is 0 Å². The summed E-state index contributed by atoms with van der Waals surface area (Å²) in [6.45, 7) is 3.40. The van der Waals surface area contributed by atoms with E-state index in [1.165, 1.54) is 19.3 Å². The van der Waals surface area contributed by atoms with Crippen molar-refractivity contribution in [2.75, 3.05) is 6.54 Å². The van der Waals surface area contributed by atoms with E-state index in [-0.39, 0.29) is 0 Å². The Kier molecular flexibility index (Phi) is 4.72. The molecule has 0 amide bonds. The lowest BCUT2D eigenvalue weighted by molar-refractivity contribution is 0.294. The lowest BCUT2D eigenvalue weighted by Gasteiger charge is -2.30. The molecule has 1 saturated heterocycles. The van der Waals surface area contributed by atoms with Gasteiger partial charge in [0.15, 0.2) is 0 Å². The standard InChI is InChI=1S/C14H19Cl2N/c1-2-10-5-6-17-13(7-10)9-11-8-12(15)3-4-14(11)16/h3-4,8,10,13,17H,2,5-7,9H2,1H3. The SMILES string of the molecule is CCC1CCNC(Cc2cc(Cl)ccc2Cl)C1. The Bertz CT molecular complexity index is 378. The number of benzene rings is 1. The van der Waals surface area contributed by atoms with Gasteiger partial charge >= 0.3 is 0 Å². The van der Waals surface area contributed by atoms with Gasteiger partial charge in [-0.2, -0.15) is 0 Å². The van der Waals surface area contributed by atoms with Crippen molar-refractivity contribution in [2.45, 2.75) is 38.6 Å². The van der Waals surface area contributed by atoms with Crippen molar-refractivity contribution in [3.63, 3.8) is 0 Å². The molecule has 1 aromatic rings. The number of halogens is 2. The quantitative estimate of drug-likeness (QED) is 0.864. The fourth-order valence-electron chi connectivity index (χ4n) is 2.59. The lowest BCUT2D eigenvalue weighted by Crippen LogP contribution is -2.39. The Hall–Kier alpha value is -0.240. The minimum absolute atomic E-state index is 0.546. The van der Waals surface area contributed by atoms with Crippen LogP contribution in [0.1, 0.15) is 31.7 Å². The summed E-state index contributed by atoms with van der Waals surface area (Å²) in [5, 5.41) is 5.18. The summed E-state index contributed by atoms with van der Waals surface area (Å²) in [6, 6.07) is 6.27. The summed E-state index contributed by atoms with van der Waals surface area (Å²) in [4.78, 5) is 0. The number of hydrogen-bond acceptors (Lipinski definition) is 1. The molecule has 1 fully saturated rings. The average molecular weight is 272 g/mol. The molecule has 1 heterocycles. The molecule has 0 aliphatic carbocycles. The van der Waals surface area contributed by atoms with Gasteiger partial charge in [0.05, 0.1) is 0 Å². The van der Waals surface area contributed by atoms with Crippen LogP contribution in [-0.4, -0.2) is 12.6 Å². The summed E-state index contributed by atoms with van der Waals surface area (Å²) in [7, 11) is 0. The Balaban J connectivity index is 2.02. The van der Waals surface area contributed by atoms with Crippen molar-refractivity contribution >= 4 is 23.2 Å². The van der Waals surface area contributed by atoms with Gasteiger partial charge in [0.25, 0.3) is 0 Å². The number of rotatable bonds is 3. The smallest absolute Gasteiger partial charge is 0.0439 e. The summed E-state index contributed by atoms with van der Waals surface area (Å²) in [5.74, 6) is 0.860. The summed E-state index contributed by atoms with van der Waals surface area (Å²) < 4.78 is 0. The average Bonchev–Trinajstić information content (AvgIpc) is 2.34. The molecule has 2 unspecified atom stereocenters. The molecule has 1 N–H and O–H groups in total. The van der Waals surface area contributed by atoms with E-state index in [0.29, 0.717) is 6.04 Å². The molecule has 0 bridgehead atoms. The highest BCUT2D eigenvalue weighted by Crippen LogP contribution is 2.26. The zero-order chi connectivity index (χ0) is 12.3. The predicted molar refractivity (Wildman–Crippen MR) is 75.0 cm³/mol. The zero-order valence-electron chi connectivity index (χ0n) is 10.2. The van der Waals surface area contributed by atoms with Crippen LogP contribution in [0.25, 0.3) is 0 Å². The first kappa shape index (κ1) is 13.2. The minimum Gasteiger partial charge on any atom is -0.314 e. The highest BCUT2D eigenvalue weighted by Gasteiger charge is 2.21. The van der Waals surface area contributed by atoms with Crippen LogP contribution in [0.5, 0.6) is 0 Å². The molecule has 0 saturated carbocycles. The fourth-order valence-corrected chi connectivity index (χ4v) is 2.98. The number of hydrogen-bond donors (Lipinski definition) is 1. The van der Waals surface area contributed by atoms with Gasteiger partial charge in [-0.1, -0.05) is 36.5 Å². The van der Waals surface area contributed by atoms with Crippen molar-refractivity contribution in [3.8, 4) is 0 Å². The third-order valence-corrected chi connectivity index (χ3v) is 4.26. The minimum atomic E-state index is 0.546. The van der Waals surface area contributed by atoms with Gasteiger partial charge in [0.2, 0.25) is 0 Å². The van der Waals surface area contributed by atoms with Crippen LogP contribution >= 0.6 is 23.2 Å². The van der Waals surface area contributed by atoms with E-state index in [2.05, 4.69) is 12.2 Å². The van der Waals surface area contributed by atoms with Crippen LogP contribution in [0.2, 0.25) is 10.0 Å². The maximum absolute atomic E-state index is 6.20. The molecule has 3 heteroatoms. The highest BCUT2D eigenvalue weighted by atomic mass is 35.5. The predicted octanol–water partition coefficient (Wildman–Crippen LogP) is 4.31. The largest absolute Gasteiger partial charge is 0.314 e. The molecule has 17 heavy (non-hydrogen) atoms. The number of piperidine rings is 1. The molecule has 1 aliphatic rings. The van der Waals surface area contributed by atoms with Crippen LogP contribution < -0.4 is 5.32 Å². The molecule has 0 aromatic heterocycles. The summed E-state index contributed by atoms with van der Waals surface area (Å²) in [6.07, 6.45) is 4.81.